The number of aliphatic hydroxyl groups is 2. The number of fused-ring (bicyclic) bond motifs is 2. The summed E-state index contributed by atoms with van der Waals surface area (Å²) in [6, 6.07) is 8.32. The smallest absolute Gasteiger partial charge is 0.338 e. The Morgan fingerprint density at radius 1 is 1.05 bits per heavy atom. The third kappa shape index (κ3) is 3.02. The molecule has 1 unspecified atom stereocenters. The molecule has 0 aromatic heterocycles. The Labute approximate surface area is 240 Å². The zero-order chi connectivity index (χ0) is 29.1. The molecule has 1 spiro atoms. The van der Waals surface area contributed by atoms with E-state index in [4.69, 9.17) is 23.7 Å². The predicted octanol–water partition coefficient (Wildman–Crippen LogP) is 0.925. The van der Waals surface area contributed by atoms with Crippen LogP contribution in [0, 0.1) is 34.5 Å². The number of hydrogen-bond donors (Lipinski definition) is 2. The van der Waals surface area contributed by atoms with Gasteiger partial charge in [-0.2, -0.15) is 0 Å². The zero-order valence-electron chi connectivity index (χ0n) is 24.3. The number of benzene rings is 1. The van der Waals surface area contributed by atoms with Crippen LogP contribution >= 0.6 is 0 Å². The standard InChI is InChI=1S/C31H41NO9/c1-32-14-28(15-37-2)12-11-18(38-3)30-17-13-29(35)25(41-27(34)16-9-7-6-8-10-16)19(17)31(36,24(33)26(29)40-5)20(23(30)32)21(39-4)22(28)30/h6-10,17-23,25-26,35-36H,11-15H2,1-5H3/t17-,18+,19-,20+,21+,22-,23?,25-,26+,28+,29-,30+,31-/m1/s1. The predicted molar refractivity (Wildman–Crippen MR) is 144 cm³/mol. The molecule has 0 radical (unpaired) electrons. The second-order valence-electron chi connectivity index (χ2n) is 13.4. The minimum Gasteiger partial charge on any atom is -0.455 e. The summed E-state index contributed by atoms with van der Waals surface area (Å²) in [5.74, 6) is -3.20. The van der Waals surface area contributed by atoms with Gasteiger partial charge < -0.3 is 38.8 Å². The fraction of sp³-hybridized carbons (Fsp3) is 0.742. The molecule has 2 N–H and O–H groups in total. The lowest BCUT2D eigenvalue weighted by Gasteiger charge is -2.68. The van der Waals surface area contributed by atoms with E-state index in [1.54, 1.807) is 51.7 Å². The van der Waals surface area contributed by atoms with E-state index in [0.29, 0.717) is 12.2 Å². The van der Waals surface area contributed by atoms with Crippen LogP contribution in [0.15, 0.2) is 30.3 Å². The zero-order valence-corrected chi connectivity index (χ0v) is 24.3. The monoisotopic (exact) mass is 571 g/mol. The molecule has 1 aromatic carbocycles. The highest BCUT2D eigenvalue weighted by Crippen LogP contribution is 2.79. The lowest BCUT2D eigenvalue weighted by atomic mass is 9.43. The number of ether oxygens (including phenoxy) is 5. The SMILES string of the molecule is COC[C@@]12CC[C@H](OC)[C@]34C([C@H]([C@H](OC)[C@H]13)[C@@]1(O)C(=O)[C@H](OC)[C@@]3(O)C[C@@H]4[C@@H]1[C@H]3OC(=O)c1ccccc1)N(C)C2. The van der Waals surface area contributed by atoms with Crippen LogP contribution in [-0.4, -0.2) is 117 Å². The lowest BCUT2D eigenvalue weighted by Crippen LogP contribution is -2.79. The van der Waals surface area contributed by atoms with E-state index in [-0.39, 0.29) is 29.9 Å². The number of piperidine rings is 1. The van der Waals surface area contributed by atoms with E-state index < -0.39 is 64.4 Å². The van der Waals surface area contributed by atoms with Gasteiger partial charge in [0.1, 0.15) is 17.3 Å². The Bertz CT molecular complexity index is 1250. The summed E-state index contributed by atoms with van der Waals surface area (Å²) in [4.78, 5) is 30.2. The number of hydrogen-bond acceptors (Lipinski definition) is 10. The van der Waals surface area contributed by atoms with Crippen molar-refractivity contribution in [2.75, 3.05) is 48.6 Å². The molecular formula is C31H41NO9. The summed E-state index contributed by atoms with van der Waals surface area (Å²) in [7, 11) is 8.49. The van der Waals surface area contributed by atoms with Crippen molar-refractivity contribution in [3.05, 3.63) is 35.9 Å². The van der Waals surface area contributed by atoms with Crippen molar-refractivity contribution in [1.29, 1.82) is 0 Å². The quantitative estimate of drug-likeness (QED) is 0.457. The first-order valence-corrected chi connectivity index (χ1v) is 14.6. The topological polar surface area (TPSA) is 124 Å². The van der Waals surface area contributed by atoms with Gasteiger partial charge in [-0.3, -0.25) is 4.79 Å². The lowest BCUT2D eigenvalue weighted by molar-refractivity contribution is -0.268. The van der Waals surface area contributed by atoms with Crippen LogP contribution in [0.5, 0.6) is 0 Å². The second kappa shape index (κ2) is 9.05. The summed E-state index contributed by atoms with van der Waals surface area (Å²) in [5.41, 5.74) is -4.34. The van der Waals surface area contributed by atoms with Gasteiger partial charge in [0, 0.05) is 69.6 Å². The van der Waals surface area contributed by atoms with Gasteiger partial charge in [-0.25, -0.2) is 4.79 Å². The molecule has 10 nitrogen and oxygen atoms in total. The average molecular weight is 572 g/mol. The minimum absolute atomic E-state index is 0.105. The molecule has 0 amide bonds. The normalized spacial score (nSPS) is 51.1. The van der Waals surface area contributed by atoms with E-state index in [1.807, 2.05) is 7.05 Å². The Balaban J connectivity index is 1.46. The first kappa shape index (κ1) is 27.9. The highest BCUT2D eigenvalue weighted by molar-refractivity contribution is 5.96. The molecular weight excluding hydrogens is 530 g/mol. The second-order valence-corrected chi connectivity index (χ2v) is 13.4. The number of carbonyl (C=O) groups excluding carboxylic acids is 2. The van der Waals surface area contributed by atoms with Crippen LogP contribution in [-0.2, 0) is 28.5 Å². The maximum atomic E-state index is 14.4. The summed E-state index contributed by atoms with van der Waals surface area (Å²) in [6.07, 6.45) is -1.47. The van der Waals surface area contributed by atoms with Crippen LogP contribution in [0.4, 0.5) is 0 Å². The molecule has 6 aliphatic rings. The summed E-state index contributed by atoms with van der Waals surface area (Å²) in [6.45, 7) is 1.23. The van der Waals surface area contributed by atoms with Gasteiger partial charge in [-0.1, -0.05) is 18.2 Å². The molecule has 13 atom stereocenters. The van der Waals surface area contributed by atoms with Crippen LogP contribution in [0.2, 0.25) is 0 Å². The van der Waals surface area contributed by atoms with Gasteiger partial charge in [0.15, 0.2) is 11.9 Å². The van der Waals surface area contributed by atoms with Gasteiger partial charge in [0.05, 0.1) is 24.4 Å². The van der Waals surface area contributed by atoms with Crippen molar-refractivity contribution in [2.24, 2.45) is 34.5 Å². The number of nitrogens with zero attached hydrogens (tertiary/aromatic N) is 1. The number of esters is 1. The average Bonchev–Trinajstić information content (AvgIpc) is 3.36. The molecule has 5 aliphatic carbocycles. The number of methoxy groups -OCH3 is 4. The molecule has 7 rings (SSSR count). The number of likely N-dealkylation sites (tertiary alicyclic amines) is 1. The highest BCUT2D eigenvalue weighted by Gasteiger charge is 2.90. The first-order valence-electron chi connectivity index (χ1n) is 14.6. The highest BCUT2D eigenvalue weighted by atomic mass is 16.6. The van der Waals surface area contributed by atoms with E-state index in [0.717, 1.165) is 19.4 Å². The van der Waals surface area contributed by atoms with E-state index in [9.17, 15) is 19.8 Å². The van der Waals surface area contributed by atoms with Crippen molar-refractivity contribution < 1.29 is 43.5 Å². The molecule has 41 heavy (non-hydrogen) atoms. The van der Waals surface area contributed by atoms with Crippen molar-refractivity contribution in [1.82, 2.24) is 4.90 Å². The first-order chi connectivity index (χ1) is 19.6. The Morgan fingerprint density at radius 2 is 1.78 bits per heavy atom. The van der Waals surface area contributed by atoms with Crippen molar-refractivity contribution in [3.8, 4) is 0 Å². The van der Waals surface area contributed by atoms with Crippen molar-refractivity contribution in [3.63, 3.8) is 0 Å². The molecule has 7 bridgehead atoms. The van der Waals surface area contributed by atoms with E-state index in [2.05, 4.69) is 4.90 Å². The molecule has 224 valence electrons. The maximum absolute atomic E-state index is 14.4. The number of carbonyl (C=O) groups is 2. The largest absolute Gasteiger partial charge is 0.455 e. The van der Waals surface area contributed by atoms with Gasteiger partial charge in [0.25, 0.3) is 0 Å². The molecule has 6 fully saturated rings. The van der Waals surface area contributed by atoms with Gasteiger partial charge in [0.2, 0.25) is 0 Å². The molecule has 1 saturated heterocycles. The van der Waals surface area contributed by atoms with Crippen molar-refractivity contribution in [2.45, 2.75) is 60.9 Å². The number of rotatable bonds is 7. The van der Waals surface area contributed by atoms with E-state index in [1.165, 1.54) is 7.11 Å². The van der Waals surface area contributed by atoms with Gasteiger partial charge in [-0.05, 0) is 44.4 Å². The summed E-state index contributed by atoms with van der Waals surface area (Å²) in [5, 5.41) is 25.4. The molecule has 5 saturated carbocycles. The Hall–Kier alpha value is -1.92. The summed E-state index contributed by atoms with van der Waals surface area (Å²) >= 11 is 0. The molecule has 1 heterocycles. The fourth-order valence-electron chi connectivity index (χ4n) is 11.6. The van der Waals surface area contributed by atoms with Crippen molar-refractivity contribution >= 4 is 11.8 Å². The maximum Gasteiger partial charge on any atom is 0.338 e. The molecule has 1 aromatic rings. The number of ketones is 1. The van der Waals surface area contributed by atoms with Crippen LogP contribution in [0.25, 0.3) is 0 Å². The minimum atomic E-state index is -1.96. The van der Waals surface area contributed by atoms with Gasteiger partial charge in [-0.15, -0.1) is 0 Å². The van der Waals surface area contributed by atoms with Crippen LogP contribution < -0.4 is 0 Å². The van der Waals surface area contributed by atoms with Crippen LogP contribution in [0.3, 0.4) is 0 Å². The Morgan fingerprint density at radius 3 is 2.41 bits per heavy atom. The third-order valence-corrected chi connectivity index (χ3v) is 12.2. The van der Waals surface area contributed by atoms with Crippen LogP contribution in [0.1, 0.15) is 29.6 Å². The van der Waals surface area contributed by atoms with Gasteiger partial charge >= 0.3 is 5.97 Å². The third-order valence-electron chi connectivity index (χ3n) is 12.2. The summed E-state index contributed by atoms with van der Waals surface area (Å²) < 4.78 is 30.4. The molecule has 10 heteroatoms. The Kier molecular flexibility index (Phi) is 6.15. The number of Topliss-reactive ketones (excluding diaryl/α,β-unsaturated/α-hetero) is 1. The molecule has 1 aliphatic heterocycles. The van der Waals surface area contributed by atoms with E-state index >= 15 is 0 Å². The fourth-order valence-corrected chi connectivity index (χ4v) is 11.6.